The van der Waals surface area contributed by atoms with Crippen molar-refractivity contribution >= 4 is 63.7 Å². The molecule has 1 unspecified atom stereocenters. The number of hydrogen-bond acceptors (Lipinski definition) is 13. The van der Waals surface area contributed by atoms with Crippen LogP contribution in [0.1, 0.15) is 89.5 Å². The lowest BCUT2D eigenvalue weighted by Gasteiger charge is -2.43. The van der Waals surface area contributed by atoms with Gasteiger partial charge in [0.2, 0.25) is 17.8 Å². The molecule has 62 heavy (non-hydrogen) atoms. The number of carbonyl (C=O) groups excluding carboxylic acids is 5. The molecule has 3 N–H and O–H groups in total. The summed E-state index contributed by atoms with van der Waals surface area (Å²) in [5.41, 5.74) is 2.78. The van der Waals surface area contributed by atoms with E-state index in [4.69, 9.17) is 4.74 Å². The minimum atomic E-state index is -1.13. The minimum Gasteiger partial charge on any atom is -0.378 e. The maximum Gasteiger partial charge on any atom is 0.264 e. The van der Waals surface area contributed by atoms with E-state index in [9.17, 15) is 28.4 Å². The highest BCUT2D eigenvalue weighted by Crippen LogP contribution is 2.38. The number of aromatic nitrogens is 4. The number of hydrogen-bond donors (Lipinski definition) is 3. The average molecular weight is 850 g/mol. The number of halogens is 1. The largest absolute Gasteiger partial charge is 0.378 e. The number of amides is 5. The van der Waals surface area contributed by atoms with Gasteiger partial charge in [-0.1, -0.05) is 6.07 Å². The Labute approximate surface area is 358 Å². The third kappa shape index (κ3) is 7.96. The summed E-state index contributed by atoms with van der Waals surface area (Å²) in [6, 6.07) is 8.05. The maximum absolute atomic E-state index is 14.6. The van der Waals surface area contributed by atoms with Gasteiger partial charge in [0.15, 0.2) is 0 Å². The first-order valence-corrected chi connectivity index (χ1v) is 21.6. The normalized spacial score (nSPS) is 22.7. The fourth-order valence-corrected chi connectivity index (χ4v) is 9.49. The van der Waals surface area contributed by atoms with Crippen molar-refractivity contribution < 1.29 is 33.1 Å². The first-order chi connectivity index (χ1) is 29.9. The molecule has 0 aliphatic carbocycles. The molecule has 17 nitrogen and oxygen atoms in total. The summed E-state index contributed by atoms with van der Waals surface area (Å²) in [7, 11) is 1.53. The van der Waals surface area contributed by atoms with Gasteiger partial charge in [0.05, 0.1) is 40.5 Å². The Morgan fingerprint density at radius 3 is 2.52 bits per heavy atom. The molecular formula is C44H52FN11O6. The van der Waals surface area contributed by atoms with Gasteiger partial charge in [-0.15, -0.1) is 0 Å². The number of imide groups is 2. The molecule has 5 amide bonds. The molecule has 9 rings (SSSR count). The number of alkyl halides is 1. The molecule has 3 atom stereocenters. The fraction of sp³-hybridized carbons (Fsp3) is 0.500. The molecule has 326 valence electrons. The number of carbonyl (C=O) groups is 5. The number of anilines is 4. The average Bonchev–Trinajstić information content (AvgIpc) is 3.75. The predicted molar refractivity (Wildman–Crippen MR) is 228 cm³/mol. The van der Waals surface area contributed by atoms with E-state index in [1.807, 2.05) is 23.2 Å². The van der Waals surface area contributed by atoms with E-state index >= 15 is 0 Å². The van der Waals surface area contributed by atoms with Gasteiger partial charge in [-0.2, -0.15) is 4.98 Å². The third-order valence-electron chi connectivity index (χ3n) is 13.0. The van der Waals surface area contributed by atoms with Crippen molar-refractivity contribution in [1.29, 1.82) is 0 Å². The van der Waals surface area contributed by atoms with Crippen LogP contribution in [0.2, 0.25) is 0 Å². The Hall–Kier alpha value is -6.01. The van der Waals surface area contributed by atoms with Crippen molar-refractivity contribution in [1.82, 2.24) is 40.0 Å². The van der Waals surface area contributed by atoms with Crippen molar-refractivity contribution in [2.45, 2.75) is 82.8 Å². The maximum atomic E-state index is 14.6. The van der Waals surface area contributed by atoms with Crippen LogP contribution in [0.4, 0.5) is 27.7 Å². The van der Waals surface area contributed by atoms with Gasteiger partial charge >= 0.3 is 0 Å². The number of nitrogens with one attached hydrogen (secondary N) is 3. The van der Waals surface area contributed by atoms with Crippen LogP contribution in [0, 0.1) is 5.92 Å². The molecule has 4 fully saturated rings. The Balaban J connectivity index is 0.762. The highest BCUT2D eigenvalue weighted by atomic mass is 19.1. The standard InChI is InChI=1S/C44H52FN11O6/c1-25(2)55-23-30(29-20-47-37(19-34(29)55)49-36-9-14-46-44(50-36)53-18-13-35(62-3)31(45)24-53)40(58)48-27-11-16-52(17-12-27)15-10-26-21-54(22-26)32-6-4-5-28-39(32)43(61)56(42(28)60)33-7-8-38(57)51-41(33)59/h4-6,9,14,19-20,23,25-27,31,33,35H,7-8,10-13,15-18,21-22,24H2,1-3H3,(H,48,58)(H,51,57,59)(H,46,47,49,50)/t31-,33?,35+/m1/s1. The van der Waals surface area contributed by atoms with Crippen LogP contribution in [0.15, 0.2) is 48.9 Å². The number of rotatable bonds is 12. The summed E-state index contributed by atoms with van der Waals surface area (Å²) in [6.45, 7) is 9.08. The molecule has 5 aliphatic rings. The summed E-state index contributed by atoms with van der Waals surface area (Å²) in [5.74, 6) is -0.168. The van der Waals surface area contributed by atoms with Gasteiger partial charge in [-0.05, 0) is 76.6 Å². The molecule has 4 saturated heterocycles. The molecule has 4 aromatic rings. The first kappa shape index (κ1) is 41.3. The summed E-state index contributed by atoms with van der Waals surface area (Å²) in [6.07, 6.45) is 7.13. The number of ether oxygens (including phenoxy) is 1. The number of fused-ring (bicyclic) bond motifs is 2. The summed E-state index contributed by atoms with van der Waals surface area (Å²) in [5, 5.41) is 9.57. The zero-order valence-corrected chi connectivity index (χ0v) is 35.2. The third-order valence-corrected chi connectivity index (χ3v) is 13.0. The SMILES string of the molecule is CO[C@H]1CCN(c2nccc(Nc3cc4c(cn3)c(C(=O)NC3CCN(CCC5CN(c6cccc7c6C(=O)N(C6CCC(=O)NC6=O)C7=O)C5)CC3)cn4C(C)C)n2)C[C@H]1F. The monoisotopic (exact) mass is 849 g/mol. The molecule has 8 heterocycles. The molecule has 5 aliphatic heterocycles. The summed E-state index contributed by atoms with van der Waals surface area (Å²) in [4.78, 5) is 85.9. The smallest absolute Gasteiger partial charge is 0.264 e. The van der Waals surface area contributed by atoms with Crippen LogP contribution in [0.5, 0.6) is 0 Å². The van der Waals surface area contributed by atoms with E-state index in [0.717, 1.165) is 67.8 Å². The number of nitrogens with zero attached hydrogens (tertiary/aromatic N) is 8. The second-order valence-electron chi connectivity index (χ2n) is 17.3. The van der Waals surface area contributed by atoms with Crippen LogP contribution in [0.25, 0.3) is 10.9 Å². The van der Waals surface area contributed by atoms with Gasteiger partial charge in [0, 0.05) is 88.4 Å². The van der Waals surface area contributed by atoms with Gasteiger partial charge < -0.3 is 34.6 Å². The topological polar surface area (TPSA) is 187 Å². The summed E-state index contributed by atoms with van der Waals surface area (Å²) >= 11 is 0. The van der Waals surface area contributed by atoms with E-state index in [0.29, 0.717) is 58.8 Å². The molecule has 3 aromatic heterocycles. The lowest BCUT2D eigenvalue weighted by Crippen LogP contribution is -2.54. The molecule has 0 spiro atoms. The highest BCUT2D eigenvalue weighted by Gasteiger charge is 2.47. The number of pyridine rings is 1. The minimum absolute atomic E-state index is 0.0457. The molecular weight excluding hydrogens is 798 g/mol. The molecule has 0 radical (unpaired) electrons. The van der Waals surface area contributed by atoms with Crippen LogP contribution in [-0.2, 0) is 14.3 Å². The van der Waals surface area contributed by atoms with Crippen LogP contribution in [-0.4, -0.2) is 136 Å². The molecule has 18 heteroatoms. The van der Waals surface area contributed by atoms with E-state index in [2.05, 4.69) is 59.1 Å². The van der Waals surface area contributed by atoms with Crippen molar-refractivity contribution in [2.24, 2.45) is 5.92 Å². The van der Waals surface area contributed by atoms with Crippen molar-refractivity contribution in [2.75, 3.05) is 68.0 Å². The first-order valence-electron chi connectivity index (χ1n) is 21.6. The lowest BCUT2D eigenvalue weighted by molar-refractivity contribution is -0.136. The molecule has 0 saturated carbocycles. The van der Waals surface area contributed by atoms with Gasteiger partial charge in [0.1, 0.15) is 23.8 Å². The van der Waals surface area contributed by atoms with E-state index in [-0.39, 0.29) is 37.4 Å². The lowest BCUT2D eigenvalue weighted by atomic mass is 9.93. The quantitative estimate of drug-likeness (QED) is 0.175. The van der Waals surface area contributed by atoms with Crippen LogP contribution in [0.3, 0.4) is 0 Å². The highest BCUT2D eigenvalue weighted by molar-refractivity contribution is 6.25. The van der Waals surface area contributed by atoms with Crippen LogP contribution >= 0.6 is 0 Å². The predicted octanol–water partition coefficient (Wildman–Crippen LogP) is 3.84. The Morgan fingerprint density at radius 1 is 0.968 bits per heavy atom. The number of methoxy groups -OCH3 is 1. The van der Waals surface area contributed by atoms with Crippen molar-refractivity contribution in [3.05, 3.63) is 65.6 Å². The Bertz CT molecular complexity index is 2410. The zero-order valence-electron chi connectivity index (χ0n) is 35.2. The van der Waals surface area contributed by atoms with Gasteiger partial charge in [0.25, 0.3) is 17.7 Å². The van der Waals surface area contributed by atoms with E-state index < -0.39 is 41.9 Å². The second-order valence-corrected chi connectivity index (χ2v) is 17.3. The molecule has 0 bridgehead atoms. The summed E-state index contributed by atoms with van der Waals surface area (Å²) < 4.78 is 21.9. The van der Waals surface area contributed by atoms with E-state index in [1.54, 1.807) is 30.6 Å². The second kappa shape index (κ2) is 17.0. The number of benzene rings is 1. The van der Waals surface area contributed by atoms with Gasteiger partial charge in [-0.3, -0.25) is 34.2 Å². The number of likely N-dealkylation sites (tertiary alicyclic amines) is 1. The van der Waals surface area contributed by atoms with E-state index in [1.165, 1.54) is 7.11 Å². The number of piperidine rings is 3. The van der Waals surface area contributed by atoms with Crippen molar-refractivity contribution in [3.8, 4) is 0 Å². The van der Waals surface area contributed by atoms with Crippen LogP contribution < -0.4 is 25.8 Å². The Kier molecular flexibility index (Phi) is 11.4. The fourth-order valence-electron chi connectivity index (χ4n) is 9.49. The van der Waals surface area contributed by atoms with Crippen molar-refractivity contribution in [3.63, 3.8) is 0 Å². The Morgan fingerprint density at radius 2 is 1.77 bits per heavy atom. The van der Waals surface area contributed by atoms with Gasteiger partial charge in [-0.25, -0.2) is 14.4 Å². The molecule has 1 aromatic carbocycles. The zero-order chi connectivity index (χ0) is 43.2.